The summed E-state index contributed by atoms with van der Waals surface area (Å²) in [4.78, 5) is 18.8. The number of carbonyl (C=O) groups excluding carboxylic acids is 1. The molecule has 1 heterocycles. The van der Waals surface area contributed by atoms with Gasteiger partial charge in [0, 0.05) is 29.5 Å². The zero-order chi connectivity index (χ0) is 21.6. The zero-order valence-electron chi connectivity index (χ0n) is 17.5. The number of nitriles is 1. The van der Waals surface area contributed by atoms with Gasteiger partial charge in [0.25, 0.3) is 5.91 Å². The van der Waals surface area contributed by atoms with E-state index in [2.05, 4.69) is 16.4 Å². The largest absolute Gasteiger partial charge is 0.351 e. The number of rotatable bonds is 6. The number of carbonyl (C=O) groups is 1. The van der Waals surface area contributed by atoms with Crippen molar-refractivity contribution >= 4 is 16.8 Å². The predicted molar refractivity (Wildman–Crippen MR) is 117 cm³/mol. The monoisotopic (exact) mass is 416 g/mol. The van der Waals surface area contributed by atoms with Gasteiger partial charge in [0.2, 0.25) is 0 Å². The SMILES string of the molecule is CCN(C(=O)c1cc2cc(C#N)ccc2[nH]1)[C@@]12CCC[C@]1(NCc1ccc(F)cc1)C2. The van der Waals surface area contributed by atoms with Crippen LogP contribution in [0.1, 0.15) is 54.2 Å². The Morgan fingerprint density at radius 2 is 2.03 bits per heavy atom. The van der Waals surface area contributed by atoms with Crippen molar-refractivity contribution in [3.63, 3.8) is 0 Å². The van der Waals surface area contributed by atoms with Gasteiger partial charge in [-0.2, -0.15) is 5.26 Å². The Bertz CT molecular complexity index is 1190. The van der Waals surface area contributed by atoms with E-state index < -0.39 is 0 Å². The quantitative estimate of drug-likeness (QED) is 0.622. The third-order valence-electron chi connectivity index (χ3n) is 7.16. The van der Waals surface area contributed by atoms with Gasteiger partial charge >= 0.3 is 0 Å². The molecule has 2 N–H and O–H groups in total. The molecule has 3 aromatic rings. The average molecular weight is 417 g/mol. The van der Waals surface area contributed by atoms with Crippen LogP contribution in [-0.4, -0.2) is 33.4 Å². The molecular weight excluding hydrogens is 391 g/mol. The van der Waals surface area contributed by atoms with Crippen LogP contribution in [0.25, 0.3) is 10.9 Å². The molecule has 0 saturated heterocycles. The van der Waals surface area contributed by atoms with Gasteiger partial charge in [-0.1, -0.05) is 12.1 Å². The number of H-pyrrole nitrogens is 1. The maximum atomic E-state index is 13.5. The lowest BCUT2D eigenvalue weighted by atomic mass is 10.1. The Kier molecular flexibility index (Phi) is 4.60. The number of nitrogens with zero attached hydrogens (tertiary/aromatic N) is 2. The fraction of sp³-hybridized carbons (Fsp3) is 0.360. The molecular formula is C25H25FN4O. The van der Waals surface area contributed by atoms with E-state index in [-0.39, 0.29) is 22.8 Å². The van der Waals surface area contributed by atoms with Crippen molar-refractivity contribution in [2.45, 2.75) is 50.2 Å². The lowest BCUT2D eigenvalue weighted by Crippen LogP contribution is -2.49. The smallest absolute Gasteiger partial charge is 0.270 e. The van der Waals surface area contributed by atoms with Crippen LogP contribution in [0.15, 0.2) is 48.5 Å². The third-order valence-corrected chi connectivity index (χ3v) is 7.16. The molecule has 1 amide bonds. The lowest BCUT2D eigenvalue weighted by Gasteiger charge is -2.32. The summed E-state index contributed by atoms with van der Waals surface area (Å²) in [5.41, 5.74) is 2.80. The standard InChI is InChI=1S/C25H25FN4O/c1-2-30(23(31)22-13-19-12-18(14-27)6-9-21(19)29-22)25-11-3-10-24(25,16-25)28-15-17-4-7-20(26)8-5-17/h4-9,12-13,28-29H,2-3,10-11,15-16H2,1H3/t24-,25+/m0/s1. The Balaban J connectivity index is 1.38. The first-order valence-electron chi connectivity index (χ1n) is 10.8. The van der Waals surface area contributed by atoms with E-state index >= 15 is 0 Å². The Morgan fingerprint density at radius 3 is 2.77 bits per heavy atom. The highest BCUT2D eigenvalue weighted by Gasteiger charge is 2.73. The summed E-state index contributed by atoms with van der Waals surface area (Å²) in [7, 11) is 0. The molecule has 2 fully saturated rings. The van der Waals surface area contributed by atoms with Crippen LogP contribution in [0.5, 0.6) is 0 Å². The maximum Gasteiger partial charge on any atom is 0.270 e. The van der Waals surface area contributed by atoms with E-state index in [0.29, 0.717) is 24.3 Å². The van der Waals surface area contributed by atoms with E-state index in [1.54, 1.807) is 24.3 Å². The van der Waals surface area contributed by atoms with Crippen LogP contribution in [0.2, 0.25) is 0 Å². The van der Waals surface area contributed by atoms with E-state index in [1.807, 2.05) is 24.0 Å². The zero-order valence-corrected chi connectivity index (χ0v) is 17.5. The first kappa shape index (κ1) is 19.8. The minimum Gasteiger partial charge on any atom is -0.351 e. The van der Waals surface area contributed by atoms with Gasteiger partial charge in [-0.25, -0.2) is 4.39 Å². The number of hydrogen-bond donors (Lipinski definition) is 2. The summed E-state index contributed by atoms with van der Waals surface area (Å²) >= 11 is 0. The van der Waals surface area contributed by atoms with Crippen molar-refractivity contribution in [2.75, 3.05) is 6.54 Å². The van der Waals surface area contributed by atoms with Crippen molar-refractivity contribution in [1.29, 1.82) is 5.26 Å². The molecule has 0 aliphatic heterocycles. The molecule has 0 radical (unpaired) electrons. The molecule has 31 heavy (non-hydrogen) atoms. The molecule has 2 aromatic carbocycles. The van der Waals surface area contributed by atoms with E-state index in [9.17, 15) is 9.18 Å². The summed E-state index contributed by atoms with van der Waals surface area (Å²) < 4.78 is 13.2. The topological polar surface area (TPSA) is 71.9 Å². The number of hydrogen-bond acceptors (Lipinski definition) is 3. The molecule has 1 aromatic heterocycles. The number of halogens is 1. The van der Waals surface area contributed by atoms with Gasteiger partial charge in [-0.05, 0) is 74.6 Å². The fourth-order valence-electron chi connectivity index (χ4n) is 5.57. The minimum atomic E-state index is -0.230. The molecule has 2 aliphatic rings. The van der Waals surface area contributed by atoms with Crippen LogP contribution in [-0.2, 0) is 6.54 Å². The van der Waals surface area contributed by atoms with Crippen LogP contribution < -0.4 is 5.32 Å². The van der Waals surface area contributed by atoms with Crippen LogP contribution >= 0.6 is 0 Å². The number of fused-ring (bicyclic) bond motifs is 2. The van der Waals surface area contributed by atoms with Gasteiger partial charge in [0.05, 0.1) is 17.2 Å². The van der Waals surface area contributed by atoms with E-state index in [4.69, 9.17) is 5.26 Å². The molecule has 2 aliphatic carbocycles. The molecule has 2 atom stereocenters. The van der Waals surface area contributed by atoms with Gasteiger partial charge < -0.3 is 15.2 Å². The molecule has 6 heteroatoms. The number of likely N-dealkylation sites (N-methyl/N-ethyl adjacent to an activating group) is 1. The summed E-state index contributed by atoms with van der Waals surface area (Å²) in [5.74, 6) is -0.226. The normalized spacial score (nSPS) is 24.0. The molecule has 0 spiro atoms. The second-order valence-corrected chi connectivity index (χ2v) is 8.77. The summed E-state index contributed by atoms with van der Waals surface area (Å²) in [5, 5.41) is 13.7. The predicted octanol–water partition coefficient (Wildman–Crippen LogP) is 4.50. The summed E-state index contributed by atoms with van der Waals surface area (Å²) in [6, 6.07) is 16.0. The lowest BCUT2D eigenvalue weighted by molar-refractivity contribution is 0.0631. The van der Waals surface area contributed by atoms with Crippen molar-refractivity contribution in [3.05, 3.63) is 71.2 Å². The average Bonchev–Trinajstić information content (AvgIpc) is 3.08. The molecule has 5 rings (SSSR count). The number of aromatic nitrogens is 1. The third kappa shape index (κ3) is 3.12. The van der Waals surface area contributed by atoms with Gasteiger partial charge in [-0.15, -0.1) is 0 Å². The highest BCUT2D eigenvalue weighted by Crippen LogP contribution is 2.63. The number of amides is 1. The van der Waals surface area contributed by atoms with Crippen molar-refractivity contribution in [1.82, 2.24) is 15.2 Å². The number of nitrogens with one attached hydrogen (secondary N) is 2. The summed E-state index contributed by atoms with van der Waals surface area (Å²) in [6.45, 7) is 3.33. The van der Waals surface area contributed by atoms with Crippen molar-refractivity contribution in [3.8, 4) is 6.07 Å². The highest BCUT2D eigenvalue weighted by molar-refractivity contribution is 5.99. The van der Waals surface area contributed by atoms with Crippen LogP contribution in [0, 0.1) is 17.1 Å². The van der Waals surface area contributed by atoms with E-state index in [0.717, 1.165) is 42.1 Å². The van der Waals surface area contributed by atoms with Crippen molar-refractivity contribution < 1.29 is 9.18 Å². The number of aromatic amines is 1. The molecule has 0 unspecified atom stereocenters. The van der Waals surface area contributed by atoms with Crippen LogP contribution in [0.4, 0.5) is 4.39 Å². The van der Waals surface area contributed by atoms with Crippen molar-refractivity contribution in [2.24, 2.45) is 0 Å². The van der Waals surface area contributed by atoms with E-state index in [1.165, 1.54) is 12.1 Å². The second-order valence-electron chi connectivity index (χ2n) is 8.77. The first-order valence-corrected chi connectivity index (χ1v) is 10.8. The van der Waals surface area contributed by atoms with Gasteiger partial charge in [0.1, 0.15) is 11.5 Å². The maximum absolute atomic E-state index is 13.5. The highest BCUT2D eigenvalue weighted by atomic mass is 19.1. The molecule has 0 bridgehead atoms. The molecule has 5 nitrogen and oxygen atoms in total. The number of benzene rings is 2. The first-order chi connectivity index (χ1) is 15.0. The molecule has 2 saturated carbocycles. The van der Waals surface area contributed by atoms with Gasteiger partial charge in [0.15, 0.2) is 0 Å². The second kappa shape index (κ2) is 7.21. The van der Waals surface area contributed by atoms with Crippen LogP contribution in [0.3, 0.4) is 0 Å². The Morgan fingerprint density at radius 1 is 1.23 bits per heavy atom. The molecule has 158 valence electrons. The Labute approximate surface area is 180 Å². The van der Waals surface area contributed by atoms with Gasteiger partial charge in [-0.3, -0.25) is 4.79 Å². The fourth-order valence-corrected chi connectivity index (χ4v) is 5.57. The summed E-state index contributed by atoms with van der Waals surface area (Å²) in [6.07, 6.45) is 4.05. The Hall–Kier alpha value is -3.17. The minimum absolute atomic E-state index is 0.00423.